The Morgan fingerprint density at radius 2 is 1.90 bits per heavy atom. The van der Waals surface area contributed by atoms with Crippen molar-refractivity contribution in [3.63, 3.8) is 0 Å². The molecule has 1 aliphatic heterocycles. The van der Waals surface area contributed by atoms with Crippen molar-refractivity contribution >= 4 is 28.9 Å². The lowest BCUT2D eigenvalue weighted by Gasteiger charge is -2.25. The normalized spacial score (nSPS) is 17.3. The number of aryl methyl sites for hydroxylation is 1. The van der Waals surface area contributed by atoms with Gasteiger partial charge in [0, 0.05) is 23.0 Å². The smallest absolute Gasteiger partial charge is 0.345 e. The fraction of sp³-hybridized carbons (Fsp3) is 0.520. The molecular formula is C25H33NO4S. The Bertz CT molecular complexity index is 861. The van der Waals surface area contributed by atoms with Crippen LogP contribution in [0, 0.1) is 0 Å². The lowest BCUT2D eigenvalue weighted by atomic mass is 10.0. The van der Waals surface area contributed by atoms with E-state index in [1.165, 1.54) is 24.2 Å². The van der Waals surface area contributed by atoms with Crippen LogP contribution < -0.4 is 4.90 Å². The first-order valence-corrected chi connectivity index (χ1v) is 12.2. The van der Waals surface area contributed by atoms with Gasteiger partial charge in [-0.1, -0.05) is 44.7 Å². The molecule has 3 rings (SSSR count). The highest BCUT2D eigenvalue weighted by atomic mass is 32.1. The summed E-state index contributed by atoms with van der Waals surface area (Å²) in [5, 5.41) is 19.5. The van der Waals surface area contributed by atoms with Crippen LogP contribution in [0.3, 0.4) is 0 Å². The van der Waals surface area contributed by atoms with Crippen LogP contribution >= 0.6 is 11.3 Å². The highest BCUT2D eigenvalue weighted by Crippen LogP contribution is 2.31. The van der Waals surface area contributed by atoms with Gasteiger partial charge in [0.15, 0.2) is 0 Å². The van der Waals surface area contributed by atoms with E-state index in [9.17, 15) is 14.7 Å². The number of aromatic carboxylic acids is 1. The van der Waals surface area contributed by atoms with Crippen molar-refractivity contribution in [2.45, 2.75) is 83.3 Å². The van der Waals surface area contributed by atoms with Crippen molar-refractivity contribution in [3.05, 3.63) is 51.7 Å². The molecular weight excluding hydrogens is 410 g/mol. The third kappa shape index (κ3) is 6.40. The molecule has 1 aliphatic rings. The van der Waals surface area contributed by atoms with Crippen LogP contribution in [-0.2, 0) is 11.2 Å². The van der Waals surface area contributed by atoms with Gasteiger partial charge >= 0.3 is 5.97 Å². The molecule has 0 radical (unpaired) electrons. The average Bonchev–Trinajstić information content (AvgIpc) is 3.38. The van der Waals surface area contributed by atoms with Gasteiger partial charge in [0.1, 0.15) is 4.88 Å². The van der Waals surface area contributed by atoms with Gasteiger partial charge in [-0.05, 0) is 61.9 Å². The molecule has 6 heteroatoms. The molecule has 0 saturated carbocycles. The number of nitrogens with zero attached hydrogens (tertiary/aromatic N) is 1. The van der Waals surface area contributed by atoms with E-state index in [4.69, 9.17) is 5.11 Å². The number of aliphatic hydroxyl groups is 1. The maximum atomic E-state index is 12.5. The van der Waals surface area contributed by atoms with Gasteiger partial charge in [0.05, 0.1) is 6.10 Å². The number of rotatable bonds is 12. The van der Waals surface area contributed by atoms with Gasteiger partial charge in [-0.15, -0.1) is 11.3 Å². The zero-order valence-electron chi connectivity index (χ0n) is 18.3. The minimum Gasteiger partial charge on any atom is -0.477 e. The molecule has 1 aromatic heterocycles. The first kappa shape index (κ1) is 23.5. The molecule has 168 valence electrons. The van der Waals surface area contributed by atoms with Crippen LogP contribution in [0.25, 0.3) is 0 Å². The number of anilines is 1. The summed E-state index contributed by atoms with van der Waals surface area (Å²) in [6.45, 7) is 2.18. The van der Waals surface area contributed by atoms with Gasteiger partial charge < -0.3 is 15.1 Å². The predicted molar refractivity (Wildman–Crippen MR) is 125 cm³/mol. The number of carboxylic acid groups (broad SMARTS) is 1. The van der Waals surface area contributed by atoms with Crippen molar-refractivity contribution in [3.8, 4) is 0 Å². The Morgan fingerprint density at radius 1 is 1.13 bits per heavy atom. The summed E-state index contributed by atoms with van der Waals surface area (Å²) in [5.74, 6) is -0.722. The zero-order valence-corrected chi connectivity index (χ0v) is 19.1. The molecule has 1 unspecified atom stereocenters. The number of carbonyl (C=O) groups excluding carboxylic acids is 1. The standard InChI is InChI=1S/C25H33NO4S/c1-2-3-4-5-9-22(27)18-10-12-20(13-11-18)26-19(14-17-24(26)28)7-6-8-21-15-16-23(31-21)25(29)30/h10-13,15-16,19,22,27H,2-9,14,17H2,1H3,(H,29,30)/t19-,22?/m0/s1. The van der Waals surface area contributed by atoms with Crippen molar-refractivity contribution in [1.29, 1.82) is 0 Å². The molecule has 2 heterocycles. The lowest BCUT2D eigenvalue weighted by Crippen LogP contribution is -2.32. The quantitative estimate of drug-likeness (QED) is 0.396. The first-order valence-electron chi connectivity index (χ1n) is 11.4. The van der Waals surface area contributed by atoms with Crippen LogP contribution in [0.1, 0.15) is 90.9 Å². The summed E-state index contributed by atoms with van der Waals surface area (Å²) in [6, 6.07) is 11.5. The van der Waals surface area contributed by atoms with Crippen molar-refractivity contribution in [1.82, 2.24) is 0 Å². The molecule has 0 aliphatic carbocycles. The molecule has 1 fully saturated rings. The van der Waals surface area contributed by atoms with E-state index in [0.29, 0.717) is 11.3 Å². The van der Waals surface area contributed by atoms with Gasteiger partial charge in [0.25, 0.3) is 0 Å². The van der Waals surface area contributed by atoms with E-state index in [0.717, 1.165) is 61.1 Å². The fourth-order valence-electron chi connectivity index (χ4n) is 4.30. The van der Waals surface area contributed by atoms with Crippen molar-refractivity contribution in [2.75, 3.05) is 4.90 Å². The molecule has 1 aromatic carbocycles. The van der Waals surface area contributed by atoms with E-state index < -0.39 is 12.1 Å². The second-order valence-corrected chi connectivity index (χ2v) is 9.54. The zero-order chi connectivity index (χ0) is 22.2. The molecule has 2 N–H and O–H groups in total. The summed E-state index contributed by atoms with van der Waals surface area (Å²) in [4.78, 5) is 26.9. The summed E-state index contributed by atoms with van der Waals surface area (Å²) < 4.78 is 0. The molecule has 5 nitrogen and oxygen atoms in total. The average molecular weight is 444 g/mol. The Hall–Kier alpha value is -2.18. The highest BCUT2D eigenvalue weighted by molar-refractivity contribution is 7.13. The minimum absolute atomic E-state index is 0.155. The minimum atomic E-state index is -0.877. The van der Waals surface area contributed by atoms with E-state index in [1.807, 2.05) is 35.2 Å². The maximum Gasteiger partial charge on any atom is 0.345 e. The number of hydrogen-bond acceptors (Lipinski definition) is 4. The molecule has 1 amide bonds. The molecule has 0 spiro atoms. The second-order valence-electron chi connectivity index (χ2n) is 8.38. The van der Waals surface area contributed by atoms with Crippen LogP contribution in [0.4, 0.5) is 5.69 Å². The number of unbranched alkanes of at least 4 members (excludes halogenated alkanes) is 3. The van der Waals surface area contributed by atoms with E-state index in [1.54, 1.807) is 6.07 Å². The number of carboxylic acids is 1. The number of aliphatic hydroxyl groups excluding tert-OH is 1. The summed E-state index contributed by atoms with van der Waals surface area (Å²) in [6.07, 6.45) is 8.97. The topological polar surface area (TPSA) is 77.8 Å². The summed E-state index contributed by atoms with van der Waals surface area (Å²) in [5.41, 5.74) is 1.81. The third-order valence-electron chi connectivity index (χ3n) is 6.05. The molecule has 2 aromatic rings. The maximum absolute atomic E-state index is 12.5. The first-order chi connectivity index (χ1) is 15.0. The number of amides is 1. The number of hydrogen-bond donors (Lipinski definition) is 2. The van der Waals surface area contributed by atoms with E-state index in [2.05, 4.69) is 6.92 Å². The van der Waals surface area contributed by atoms with Gasteiger partial charge in [0.2, 0.25) is 5.91 Å². The Morgan fingerprint density at radius 3 is 2.58 bits per heavy atom. The largest absolute Gasteiger partial charge is 0.477 e. The van der Waals surface area contributed by atoms with Crippen LogP contribution in [0.5, 0.6) is 0 Å². The Kier molecular flexibility index (Phi) is 8.67. The van der Waals surface area contributed by atoms with E-state index in [-0.39, 0.29) is 11.9 Å². The number of benzene rings is 1. The molecule has 2 atom stereocenters. The molecule has 0 bridgehead atoms. The van der Waals surface area contributed by atoms with Crippen LogP contribution in [-0.4, -0.2) is 28.1 Å². The molecule has 31 heavy (non-hydrogen) atoms. The fourth-order valence-corrected chi connectivity index (χ4v) is 5.19. The number of carbonyl (C=O) groups is 2. The van der Waals surface area contributed by atoms with Crippen LogP contribution in [0.2, 0.25) is 0 Å². The Balaban J connectivity index is 1.54. The highest BCUT2D eigenvalue weighted by Gasteiger charge is 2.31. The Labute approximate surface area is 188 Å². The van der Waals surface area contributed by atoms with Gasteiger partial charge in [-0.25, -0.2) is 4.79 Å². The van der Waals surface area contributed by atoms with Crippen LogP contribution in [0.15, 0.2) is 36.4 Å². The van der Waals surface area contributed by atoms with Gasteiger partial charge in [-0.2, -0.15) is 0 Å². The third-order valence-corrected chi connectivity index (χ3v) is 7.18. The molecule has 1 saturated heterocycles. The SMILES string of the molecule is CCCCCCC(O)c1ccc(N2C(=O)CC[C@@H]2CCCc2ccc(C(=O)O)s2)cc1. The lowest BCUT2D eigenvalue weighted by molar-refractivity contribution is -0.117. The van der Waals surface area contributed by atoms with Crippen molar-refractivity contribution < 1.29 is 19.8 Å². The van der Waals surface area contributed by atoms with Gasteiger partial charge in [-0.3, -0.25) is 4.79 Å². The summed E-state index contributed by atoms with van der Waals surface area (Å²) >= 11 is 1.33. The summed E-state index contributed by atoms with van der Waals surface area (Å²) in [7, 11) is 0. The van der Waals surface area contributed by atoms with E-state index >= 15 is 0 Å². The monoisotopic (exact) mass is 443 g/mol. The van der Waals surface area contributed by atoms with Crippen molar-refractivity contribution in [2.24, 2.45) is 0 Å². The number of thiophene rings is 1. The predicted octanol–water partition coefficient (Wildman–Crippen LogP) is 5.97. The second kappa shape index (κ2) is 11.4.